The first-order valence-corrected chi connectivity index (χ1v) is 6.95. The van der Waals surface area contributed by atoms with Crippen molar-refractivity contribution in [2.45, 2.75) is 46.5 Å². The molecule has 1 atom stereocenters. The van der Waals surface area contributed by atoms with Crippen molar-refractivity contribution in [2.75, 3.05) is 0 Å². The van der Waals surface area contributed by atoms with Crippen LogP contribution in [0.15, 0.2) is 12.5 Å². The topological polar surface area (TPSA) is 67.3 Å². The summed E-state index contributed by atoms with van der Waals surface area (Å²) in [6.07, 6.45) is 7.43. The second-order valence-electron chi connectivity index (χ2n) is 4.96. The SMILES string of the molecule is CCCc1ncncc1-c1n[nH]c(CC(C)CC)n1. The summed E-state index contributed by atoms with van der Waals surface area (Å²) in [5.41, 5.74) is 1.96. The summed E-state index contributed by atoms with van der Waals surface area (Å²) in [5.74, 6) is 2.26. The van der Waals surface area contributed by atoms with Crippen LogP contribution in [0.5, 0.6) is 0 Å². The standard InChI is InChI=1S/C14H21N5/c1-4-6-12-11(8-15-9-16-12)14-17-13(18-19-14)7-10(3)5-2/h8-10H,4-7H2,1-3H3,(H,17,18,19). The van der Waals surface area contributed by atoms with Crippen molar-refractivity contribution in [1.82, 2.24) is 25.1 Å². The highest BCUT2D eigenvalue weighted by Gasteiger charge is 2.12. The summed E-state index contributed by atoms with van der Waals surface area (Å²) in [4.78, 5) is 13.0. The zero-order chi connectivity index (χ0) is 13.7. The Labute approximate surface area is 113 Å². The molecule has 0 amide bonds. The molecule has 0 spiro atoms. The molecule has 0 saturated carbocycles. The lowest BCUT2D eigenvalue weighted by Gasteiger charge is -2.04. The van der Waals surface area contributed by atoms with Gasteiger partial charge in [0.05, 0.1) is 11.3 Å². The lowest BCUT2D eigenvalue weighted by molar-refractivity contribution is 0.544. The number of H-pyrrole nitrogens is 1. The molecule has 19 heavy (non-hydrogen) atoms. The Bertz CT molecular complexity index is 520. The Hall–Kier alpha value is -1.78. The van der Waals surface area contributed by atoms with E-state index in [4.69, 9.17) is 0 Å². The first-order chi connectivity index (χ1) is 9.24. The van der Waals surface area contributed by atoms with Gasteiger partial charge < -0.3 is 0 Å². The fourth-order valence-electron chi connectivity index (χ4n) is 1.96. The van der Waals surface area contributed by atoms with Crippen molar-refractivity contribution in [3.8, 4) is 11.4 Å². The van der Waals surface area contributed by atoms with Gasteiger partial charge in [-0.1, -0.05) is 33.6 Å². The fraction of sp³-hybridized carbons (Fsp3) is 0.571. The Kier molecular flexibility index (Phi) is 4.60. The van der Waals surface area contributed by atoms with Crippen LogP contribution in [0.4, 0.5) is 0 Å². The Balaban J connectivity index is 2.22. The molecule has 102 valence electrons. The number of nitrogens with zero attached hydrogens (tertiary/aromatic N) is 4. The van der Waals surface area contributed by atoms with Crippen LogP contribution in [0.2, 0.25) is 0 Å². The molecule has 0 radical (unpaired) electrons. The van der Waals surface area contributed by atoms with E-state index in [0.717, 1.165) is 42.8 Å². The van der Waals surface area contributed by atoms with Gasteiger partial charge in [0.2, 0.25) is 0 Å². The number of nitrogens with one attached hydrogen (secondary N) is 1. The number of aryl methyl sites for hydroxylation is 1. The average Bonchev–Trinajstić information content (AvgIpc) is 2.88. The Morgan fingerprint density at radius 2 is 2.16 bits per heavy atom. The smallest absolute Gasteiger partial charge is 0.184 e. The number of hydrogen-bond acceptors (Lipinski definition) is 4. The van der Waals surface area contributed by atoms with Crippen LogP contribution in [0, 0.1) is 5.92 Å². The lowest BCUT2D eigenvalue weighted by atomic mass is 10.1. The van der Waals surface area contributed by atoms with E-state index in [1.807, 2.05) is 0 Å². The van der Waals surface area contributed by atoms with Gasteiger partial charge in [-0.2, -0.15) is 5.10 Å². The highest BCUT2D eigenvalue weighted by molar-refractivity contribution is 5.56. The van der Waals surface area contributed by atoms with Gasteiger partial charge in [-0.25, -0.2) is 15.0 Å². The van der Waals surface area contributed by atoms with Crippen molar-refractivity contribution in [3.63, 3.8) is 0 Å². The van der Waals surface area contributed by atoms with E-state index >= 15 is 0 Å². The summed E-state index contributed by atoms with van der Waals surface area (Å²) in [6.45, 7) is 6.54. The summed E-state index contributed by atoms with van der Waals surface area (Å²) in [7, 11) is 0. The number of hydrogen-bond donors (Lipinski definition) is 1. The molecule has 2 heterocycles. The quantitative estimate of drug-likeness (QED) is 0.866. The molecule has 0 bridgehead atoms. The number of aromatic amines is 1. The van der Waals surface area contributed by atoms with Crippen LogP contribution in [0.25, 0.3) is 11.4 Å². The van der Waals surface area contributed by atoms with Crippen LogP contribution in [-0.4, -0.2) is 25.1 Å². The van der Waals surface area contributed by atoms with Gasteiger partial charge in [-0.05, 0) is 12.3 Å². The number of aromatic nitrogens is 5. The molecule has 0 aromatic carbocycles. The van der Waals surface area contributed by atoms with Gasteiger partial charge in [0.25, 0.3) is 0 Å². The van der Waals surface area contributed by atoms with Crippen molar-refractivity contribution in [3.05, 3.63) is 24.0 Å². The third kappa shape index (κ3) is 3.36. The second-order valence-corrected chi connectivity index (χ2v) is 4.96. The highest BCUT2D eigenvalue weighted by Crippen LogP contribution is 2.19. The monoisotopic (exact) mass is 259 g/mol. The fourth-order valence-corrected chi connectivity index (χ4v) is 1.96. The maximum atomic E-state index is 4.56. The van der Waals surface area contributed by atoms with Crippen LogP contribution in [0.3, 0.4) is 0 Å². The van der Waals surface area contributed by atoms with E-state index in [9.17, 15) is 0 Å². The predicted octanol–water partition coefficient (Wildman–Crippen LogP) is 2.80. The molecule has 2 rings (SSSR count). The zero-order valence-electron chi connectivity index (χ0n) is 11.8. The summed E-state index contributed by atoms with van der Waals surface area (Å²) in [5, 5.41) is 7.32. The van der Waals surface area contributed by atoms with E-state index in [2.05, 4.69) is 45.9 Å². The second kappa shape index (κ2) is 6.41. The minimum absolute atomic E-state index is 0.614. The Morgan fingerprint density at radius 3 is 2.89 bits per heavy atom. The molecule has 1 N–H and O–H groups in total. The van der Waals surface area contributed by atoms with Gasteiger partial charge in [-0.15, -0.1) is 0 Å². The molecular weight excluding hydrogens is 238 g/mol. The van der Waals surface area contributed by atoms with Gasteiger partial charge in [-0.3, -0.25) is 5.10 Å². The van der Waals surface area contributed by atoms with Crippen LogP contribution in [-0.2, 0) is 12.8 Å². The number of rotatable bonds is 6. The van der Waals surface area contributed by atoms with Crippen molar-refractivity contribution in [2.24, 2.45) is 5.92 Å². The van der Waals surface area contributed by atoms with Crippen molar-refractivity contribution in [1.29, 1.82) is 0 Å². The van der Waals surface area contributed by atoms with Crippen LogP contribution >= 0.6 is 0 Å². The zero-order valence-corrected chi connectivity index (χ0v) is 11.8. The van der Waals surface area contributed by atoms with Crippen LogP contribution in [0.1, 0.15) is 45.1 Å². The molecule has 5 heteroatoms. The van der Waals surface area contributed by atoms with Gasteiger partial charge >= 0.3 is 0 Å². The summed E-state index contributed by atoms with van der Waals surface area (Å²) < 4.78 is 0. The predicted molar refractivity (Wildman–Crippen MR) is 74.6 cm³/mol. The first-order valence-electron chi connectivity index (χ1n) is 6.95. The molecule has 2 aromatic rings. The maximum absolute atomic E-state index is 4.56. The normalized spacial score (nSPS) is 12.6. The third-order valence-electron chi connectivity index (χ3n) is 3.29. The highest BCUT2D eigenvalue weighted by atomic mass is 15.2. The van der Waals surface area contributed by atoms with E-state index in [-0.39, 0.29) is 0 Å². The minimum Gasteiger partial charge on any atom is -0.263 e. The van der Waals surface area contributed by atoms with E-state index in [0.29, 0.717) is 11.7 Å². The molecular formula is C14H21N5. The minimum atomic E-state index is 0.614. The van der Waals surface area contributed by atoms with E-state index in [1.54, 1.807) is 12.5 Å². The van der Waals surface area contributed by atoms with Gasteiger partial charge in [0.15, 0.2) is 5.82 Å². The van der Waals surface area contributed by atoms with Gasteiger partial charge in [0.1, 0.15) is 12.2 Å². The molecule has 2 aromatic heterocycles. The molecule has 1 unspecified atom stereocenters. The molecule has 5 nitrogen and oxygen atoms in total. The average molecular weight is 259 g/mol. The Morgan fingerprint density at radius 1 is 1.32 bits per heavy atom. The molecule has 0 fully saturated rings. The van der Waals surface area contributed by atoms with Crippen molar-refractivity contribution < 1.29 is 0 Å². The maximum Gasteiger partial charge on any atom is 0.184 e. The third-order valence-corrected chi connectivity index (χ3v) is 3.29. The van der Waals surface area contributed by atoms with Crippen LogP contribution < -0.4 is 0 Å². The first kappa shape index (κ1) is 13.6. The van der Waals surface area contributed by atoms with Crippen molar-refractivity contribution >= 4 is 0 Å². The molecule has 0 aliphatic carbocycles. The molecule has 0 aliphatic rings. The lowest BCUT2D eigenvalue weighted by Crippen LogP contribution is -2.00. The summed E-state index contributed by atoms with van der Waals surface area (Å²) >= 11 is 0. The largest absolute Gasteiger partial charge is 0.263 e. The van der Waals surface area contributed by atoms with E-state index < -0.39 is 0 Å². The molecule has 0 aliphatic heterocycles. The van der Waals surface area contributed by atoms with Gasteiger partial charge in [0, 0.05) is 12.6 Å². The van der Waals surface area contributed by atoms with E-state index in [1.165, 1.54) is 0 Å². The summed E-state index contributed by atoms with van der Waals surface area (Å²) in [6, 6.07) is 0. The molecule has 0 saturated heterocycles.